The molecule has 3 aromatic rings. The van der Waals surface area contributed by atoms with Crippen LogP contribution < -0.4 is 10.2 Å². The summed E-state index contributed by atoms with van der Waals surface area (Å²) in [4.78, 5) is 23.2. The van der Waals surface area contributed by atoms with Crippen LogP contribution in [0.3, 0.4) is 0 Å². The Bertz CT molecular complexity index is 878. The van der Waals surface area contributed by atoms with Crippen molar-refractivity contribution in [1.82, 2.24) is 15.3 Å². The molecule has 2 aromatic carbocycles. The SMILES string of the molecule is CCN(Cc1ccccc1)c1ncc(C(=O)NCc2ccccc2C)cn1. The number of carbonyl (C=O) groups excluding carboxylic acids is 1. The average Bonchev–Trinajstić information content (AvgIpc) is 2.72. The highest BCUT2D eigenvalue weighted by atomic mass is 16.1. The molecule has 0 bridgehead atoms. The highest BCUT2D eigenvalue weighted by Crippen LogP contribution is 2.12. The lowest BCUT2D eigenvalue weighted by Gasteiger charge is -2.20. The highest BCUT2D eigenvalue weighted by molar-refractivity contribution is 5.93. The number of carbonyl (C=O) groups is 1. The van der Waals surface area contributed by atoms with Gasteiger partial charge in [0.1, 0.15) is 0 Å². The van der Waals surface area contributed by atoms with Crippen LogP contribution in [0.5, 0.6) is 0 Å². The van der Waals surface area contributed by atoms with Crippen molar-refractivity contribution in [2.24, 2.45) is 0 Å². The maximum absolute atomic E-state index is 12.4. The summed E-state index contributed by atoms with van der Waals surface area (Å²) in [5.41, 5.74) is 3.92. The van der Waals surface area contributed by atoms with E-state index in [0.717, 1.165) is 24.2 Å². The summed E-state index contributed by atoms with van der Waals surface area (Å²) in [5, 5.41) is 2.93. The molecule has 0 aliphatic heterocycles. The van der Waals surface area contributed by atoms with E-state index in [1.165, 1.54) is 5.56 Å². The molecule has 5 nitrogen and oxygen atoms in total. The minimum atomic E-state index is -0.170. The minimum Gasteiger partial charge on any atom is -0.348 e. The molecule has 0 aliphatic carbocycles. The standard InChI is InChI=1S/C22H24N4O/c1-3-26(16-18-10-5-4-6-11-18)22-24-14-20(15-25-22)21(27)23-13-19-12-8-7-9-17(19)2/h4-12,14-15H,3,13,16H2,1-2H3,(H,23,27). The highest BCUT2D eigenvalue weighted by Gasteiger charge is 2.11. The predicted octanol–water partition coefficient (Wildman–Crippen LogP) is 3.74. The van der Waals surface area contributed by atoms with E-state index in [2.05, 4.69) is 39.2 Å². The van der Waals surface area contributed by atoms with E-state index in [9.17, 15) is 4.79 Å². The fraction of sp³-hybridized carbons (Fsp3) is 0.227. The van der Waals surface area contributed by atoms with E-state index in [1.807, 2.05) is 49.4 Å². The zero-order valence-corrected chi connectivity index (χ0v) is 15.7. The quantitative estimate of drug-likeness (QED) is 0.697. The number of nitrogens with one attached hydrogen (secondary N) is 1. The molecular formula is C22H24N4O. The number of amides is 1. The summed E-state index contributed by atoms with van der Waals surface area (Å²) in [6.45, 7) is 6.10. The van der Waals surface area contributed by atoms with Crippen LogP contribution in [0.25, 0.3) is 0 Å². The normalized spacial score (nSPS) is 10.4. The van der Waals surface area contributed by atoms with Gasteiger partial charge in [0.05, 0.1) is 5.56 Å². The predicted molar refractivity (Wildman–Crippen MR) is 108 cm³/mol. The van der Waals surface area contributed by atoms with E-state index < -0.39 is 0 Å². The molecule has 138 valence electrons. The van der Waals surface area contributed by atoms with Crippen molar-refractivity contribution >= 4 is 11.9 Å². The zero-order valence-electron chi connectivity index (χ0n) is 15.7. The second kappa shape index (κ2) is 8.94. The van der Waals surface area contributed by atoms with E-state index in [1.54, 1.807) is 12.4 Å². The second-order valence-corrected chi connectivity index (χ2v) is 6.38. The Labute approximate surface area is 160 Å². The summed E-state index contributed by atoms with van der Waals surface area (Å²) < 4.78 is 0. The molecule has 0 spiro atoms. The zero-order chi connectivity index (χ0) is 19.1. The minimum absolute atomic E-state index is 0.170. The van der Waals surface area contributed by atoms with Gasteiger partial charge < -0.3 is 10.2 Å². The van der Waals surface area contributed by atoms with Gasteiger partial charge in [0, 0.05) is 32.0 Å². The summed E-state index contributed by atoms with van der Waals surface area (Å²) >= 11 is 0. The molecule has 1 aromatic heterocycles. The van der Waals surface area contributed by atoms with Crippen LogP contribution in [-0.2, 0) is 13.1 Å². The van der Waals surface area contributed by atoms with Crippen molar-refractivity contribution in [3.8, 4) is 0 Å². The molecule has 0 saturated heterocycles. The maximum atomic E-state index is 12.4. The van der Waals surface area contributed by atoms with Crippen molar-refractivity contribution in [1.29, 1.82) is 0 Å². The van der Waals surface area contributed by atoms with Crippen LogP contribution in [0.4, 0.5) is 5.95 Å². The molecule has 1 heterocycles. The second-order valence-electron chi connectivity index (χ2n) is 6.38. The number of benzene rings is 2. The average molecular weight is 360 g/mol. The first-order valence-electron chi connectivity index (χ1n) is 9.11. The number of aromatic nitrogens is 2. The summed E-state index contributed by atoms with van der Waals surface area (Å²) in [5.74, 6) is 0.452. The Balaban J connectivity index is 1.63. The largest absolute Gasteiger partial charge is 0.348 e. The van der Waals surface area contributed by atoms with Crippen LogP contribution in [-0.4, -0.2) is 22.4 Å². The molecule has 1 amide bonds. The molecule has 0 atom stereocenters. The number of hydrogen-bond acceptors (Lipinski definition) is 4. The number of rotatable bonds is 7. The third kappa shape index (κ3) is 4.91. The monoisotopic (exact) mass is 360 g/mol. The Morgan fingerprint density at radius 1 is 1.00 bits per heavy atom. The van der Waals surface area contributed by atoms with Gasteiger partial charge in [-0.25, -0.2) is 9.97 Å². The number of nitrogens with zero attached hydrogens (tertiary/aromatic N) is 3. The van der Waals surface area contributed by atoms with Gasteiger partial charge >= 0.3 is 0 Å². The fourth-order valence-electron chi connectivity index (χ4n) is 2.82. The van der Waals surface area contributed by atoms with Gasteiger partial charge in [0.25, 0.3) is 5.91 Å². The lowest BCUT2D eigenvalue weighted by Crippen LogP contribution is -2.26. The van der Waals surface area contributed by atoms with Gasteiger partial charge in [-0.15, -0.1) is 0 Å². The third-order valence-corrected chi connectivity index (χ3v) is 4.48. The first-order valence-corrected chi connectivity index (χ1v) is 9.11. The lowest BCUT2D eigenvalue weighted by molar-refractivity contribution is 0.0950. The van der Waals surface area contributed by atoms with E-state index >= 15 is 0 Å². The van der Waals surface area contributed by atoms with Gasteiger partial charge in [-0.3, -0.25) is 4.79 Å². The molecule has 0 saturated carbocycles. The van der Waals surface area contributed by atoms with Crippen LogP contribution in [0.15, 0.2) is 67.0 Å². The molecular weight excluding hydrogens is 336 g/mol. The molecule has 0 aliphatic rings. The molecule has 27 heavy (non-hydrogen) atoms. The van der Waals surface area contributed by atoms with Crippen molar-refractivity contribution in [3.63, 3.8) is 0 Å². The van der Waals surface area contributed by atoms with Crippen LogP contribution in [0, 0.1) is 6.92 Å². The van der Waals surface area contributed by atoms with Crippen LogP contribution >= 0.6 is 0 Å². The maximum Gasteiger partial charge on any atom is 0.254 e. The molecule has 3 rings (SSSR count). The van der Waals surface area contributed by atoms with Crippen molar-refractivity contribution in [3.05, 3.63) is 89.2 Å². The van der Waals surface area contributed by atoms with Gasteiger partial charge in [-0.1, -0.05) is 54.6 Å². The fourth-order valence-corrected chi connectivity index (χ4v) is 2.82. The first kappa shape index (κ1) is 18.6. The van der Waals surface area contributed by atoms with Gasteiger partial charge in [0.15, 0.2) is 0 Å². The van der Waals surface area contributed by atoms with E-state index in [0.29, 0.717) is 18.1 Å². The molecule has 0 unspecified atom stereocenters. The Morgan fingerprint density at radius 3 is 2.33 bits per heavy atom. The van der Waals surface area contributed by atoms with E-state index in [-0.39, 0.29) is 5.91 Å². The van der Waals surface area contributed by atoms with E-state index in [4.69, 9.17) is 0 Å². The Hall–Kier alpha value is -3.21. The lowest BCUT2D eigenvalue weighted by atomic mass is 10.1. The molecule has 5 heteroatoms. The van der Waals surface area contributed by atoms with Crippen molar-refractivity contribution in [2.45, 2.75) is 26.9 Å². The van der Waals surface area contributed by atoms with Gasteiger partial charge in [-0.05, 0) is 30.5 Å². The van der Waals surface area contributed by atoms with Gasteiger partial charge in [-0.2, -0.15) is 0 Å². The Morgan fingerprint density at radius 2 is 1.67 bits per heavy atom. The topological polar surface area (TPSA) is 58.1 Å². The van der Waals surface area contributed by atoms with Crippen LogP contribution in [0.2, 0.25) is 0 Å². The third-order valence-electron chi connectivity index (χ3n) is 4.48. The number of aryl methyl sites for hydroxylation is 1. The van der Waals surface area contributed by atoms with Gasteiger partial charge in [0.2, 0.25) is 5.95 Å². The Kier molecular flexibility index (Phi) is 6.15. The van der Waals surface area contributed by atoms with Crippen LogP contribution in [0.1, 0.15) is 34.0 Å². The summed E-state index contributed by atoms with van der Waals surface area (Å²) in [6.07, 6.45) is 3.17. The molecule has 0 fully saturated rings. The molecule has 0 radical (unpaired) electrons. The summed E-state index contributed by atoms with van der Waals surface area (Å²) in [6, 6.07) is 18.2. The number of hydrogen-bond donors (Lipinski definition) is 1. The first-order chi connectivity index (χ1) is 13.2. The van der Waals surface area contributed by atoms with Crippen molar-refractivity contribution < 1.29 is 4.79 Å². The van der Waals surface area contributed by atoms with Crippen molar-refractivity contribution in [2.75, 3.05) is 11.4 Å². The molecule has 1 N–H and O–H groups in total. The summed E-state index contributed by atoms with van der Waals surface area (Å²) in [7, 11) is 0. The smallest absolute Gasteiger partial charge is 0.254 e. The number of anilines is 1.